The van der Waals surface area contributed by atoms with Crippen molar-refractivity contribution < 1.29 is 4.74 Å². The number of hydrogen-bond acceptors (Lipinski definition) is 1. The third-order valence-corrected chi connectivity index (χ3v) is 4.44. The van der Waals surface area contributed by atoms with Crippen LogP contribution in [0.15, 0.2) is 18.2 Å². The predicted octanol–water partition coefficient (Wildman–Crippen LogP) is 3.19. The number of benzene rings is 1. The molecule has 1 aromatic rings. The Hall–Kier alpha value is -0.340. The minimum atomic E-state index is 0.111. The molecule has 80 valence electrons. The Morgan fingerprint density at radius 1 is 1.07 bits per heavy atom. The van der Waals surface area contributed by atoms with Crippen molar-refractivity contribution in [3.05, 3.63) is 34.9 Å². The molecule has 1 saturated heterocycles. The summed E-state index contributed by atoms with van der Waals surface area (Å²) in [5, 5.41) is 0. The van der Waals surface area contributed by atoms with E-state index in [1.165, 1.54) is 31.2 Å². The second kappa shape index (κ2) is 3.60. The molecule has 0 spiro atoms. The minimum Gasteiger partial charge on any atom is -0.378 e. The monoisotopic (exact) mass is 266 g/mol. The maximum Gasteiger partial charge on any atom is 0.0971 e. The molecule has 2 heteroatoms. The lowest BCUT2D eigenvalue weighted by Gasteiger charge is -2.37. The van der Waals surface area contributed by atoms with Gasteiger partial charge in [-0.05, 0) is 42.4 Å². The van der Waals surface area contributed by atoms with E-state index in [1.807, 2.05) is 0 Å². The summed E-state index contributed by atoms with van der Waals surface area (Å²) >= 11 is 3.78. The standard InChI is InChI=1S/C13H15BrO/c14-13(8-15-9-13)12-6-5-10-3-1-2-4-11(10)7-12/h5-7H,1-4,8-9H2. The van der Waals surface area contributed by atoms with E-state index in [1.54, 1.807) is 11.1 Å². The van der Waals surface area contributed by atoms with Crippen molar-refractivity contribution in [1.29, 1.82) is 0 Å². The Morgan fingerprint density at radius 3 is 2.47 bits per heavy atom. The largest absolute Gasteiger partial charge is 0.378 e. The van der Waals surface area contributed by atoms with Gasteiger partial charge in [-0.15, -0.1) is 0 Å². The van der Waals surface area contributed by atoms with Gasteiger partial charge >= 0.3 is 0 Å². The summed E-state index contributed by atoms with van der Waals surface area (Å²) in [6.45, 7) is 1.62. The second-order valence-electron chi connectivity index (χ2n) is 4.65. The number of rotatable bonds is 1. The zero-order chi connectivity index (χ0) is 10.3. The summed E-state index contributed by atoms with van der Waals surface area (Å²) in [4.78, 5) is 0. The van der Waals surface area contributed by atoms with Crippen LogP contribution in [0.5, 0.6) is 0 Å². The van der Waals surface area contributed by atoms with Crippen molar-refractivity contribution in [2.75, 3.05) is 13.2 Å². The van der Waals surface area contributed by atoms with E-state index in [0.29, 0.717) is 0 Å². The van der Waals surface area contributed by atoms with Crippen LogP contribution in [0.3, 0.4) is 0 Å². The SMILES string of the molecule is BrC1(c2ccc3c(c2)CCCC3)COC1. The molecule has 0 N–H and O–H groups in total. The average molecular weight is 267 g/mol. The van der Waals surface area contributed by atoms with Crippen LogP contribution >= 0.6 is 15.9 Å². The lowest BCUT2D eigenvalue weighted by molar-refractivity contribution is -0.00702. The number of alkyl halides is 1. The van der Waals surface area contributed by atoms with Crippen LogP contribution in [-0.4, -0.2) is 13.2 Å². The van der Waals surface area contributed by atoms with E-state index in [9.17, 15) is 0 Å². The molecule has 1 heterocycles. The molecule has 1 aliphatic heterocycles. The lowest BCUT2D eigenvalue weighted by Crippen LogP contribution is -2.41. The highest BCUT2D eigenvalue weighted by Crippen LogP contribution is 2.39. The van der Waals surface area contributed by atoms with Crippen molar-refractivity contribution in [3.8, 4) is 0 Å². The zero-order valence-electron chi connectivity index (χ0n) is 8.76. The first-order chi connectivity index (χ1) is 7.28. The van der Waals surface area contributed by atoms with Gasteiger partial charge in [-0.25, -0.2) is 0 Å². The molecule has 0 bridgehead atoms. The summed E-state index contributed by atoms with van der Waals surface area (Å²) in [5.74, 6) is 0. The van der Waals surface area contributed by atoms with Crippen LogP contribution in [-0.2, 0) is 21.9 Å². The quantitative estimate of drug-likeness (QED) is 0.710. The third kappa shape index (κ3) is 1.64. The van der Waals surface area contributed by atoms with E-state index in [2.05, 4.69) is 34.1 Å². The third-order valence-electron chi connectivity index (χ3n) is 3.53. The van der Waals surface area contributed by atoms with Gasteiger partial charge in [0.1, 0.15) is 0 Å². The maximum atomic E-state index is 5.29. The molecule has 0 atom stereocenters. The number of fused-ring (bicyclic) bond motifs is 1. The Morgan fingerprint density at radius 2 is 1.80 bits per heavy atom. The van der Waals surface area contributed by atoms with Crippen LogP contribution < -0.4 is 0 Å². The fraction of sp³-hybridized carbons (Fsp3) is 0.538. The molecular weight excluding hydrogens is 252 g/mol. The molecule has 0 saturated carbocycles. The topological polar surface area (TPSA) is 9.23 Å². The first kappa shape index (κ1) is 9.86. The minimum absolute atomic E-state index is 0.111. The van der Waals surface area contributed by atoms with Crippen molar-refractivity contribution in [3.63, 3.8) is 0 Å². The zero-order valence-corrected chi connectivity index (χ0v) is 10.3. The van der Waals surface area contributed by atoms with E-state index in [0.717, 1.165) is 13.2 Å². The number of halogens is 1. The molecule has 0 radical (unpaired) electrons. The highest BCUT2D eigenvalue weighted by atomic mass is 79.9. The molecule has 1 nitrogen and oxygen atoms in total. The smallest absolute Gasteiger partial charge is 0.0971 e. The molecule has 15 heavy (non-hydrogen) atoms. The van der Waals surface area contributed by atoms with Gasteiger partial charge in [0.2, 0.25) is 0 Å². The van der Waals surface area contributed by atoms with E-state index in [-0.39, 0.29) is 4.32 Å². The van der Waals surface area contributed by atoms with E-state index in [4.69, 9.17) is 4.74 Å². The average Bonchev–Trinajstić information content (AvgIpc) is 2.25. The van der Waals surface area contributed by atoms with Gasteiger partial charge in [0.15, 0.2) is 0 Å². The van der Waals surface area contributed by atoms with Gasteiger partial charge in [0, 0.05) is 0 Å². The fourth-order valence-corrected chi connectivity index (χ4v) is 3.03. The maximum absolute atomic E-state index is 5.29. The molecule has 0 aromatic heterocycles. The van der Waals surface area contributed by atoms with Gasteiger partial charge < -0.3 is 4.74 Å². The van der Waals surface area contributed by atoms with Gasteiger partial charge in [-0.1, -0.05) is 34.1 Å². The number of aryl methyl sites for hydroxylation is 2. The Kier molecular flexibility index (Phi) is 2.37. The number of hydrogen-bond donors (Lipinski definition) is 0. The summed E-state index contributed by atoms with van der Waals surface area (Å²) in [7, 11) is 0. The van der Waals surface area contributed by atoms with Gasteiger partial charge in [-0.3, -0.25) is 0 Å². The molecule has 2 aliphatic rings. The predicted molar refractivity (Wildman–Crippen MR) is 64.5 cm³/mol. The van der Waals surface area contributed by atoms with Crippen LogP contribution in [0.1, 0.15) is 29.5 Å². The van der Waals surface area contributed by atoms with Crippen molar-refractivity contribution in [2.24, 2.45) is 0 Å². The highest BCUT2D eigenvalue weighted by molar-refractivity contribution is 9.09. The van der Waals surface area contributed by atoms with Crippen molar-refractivity contribution in [1.82, 2.24) is 0 Å². The molecule has 1 aliphatic carbocycles. The molecule has 1 aromatic carbocycles. The normalized spacial score (nSPS) is 23.0. The molecule has 1 fully saturated rings. The summed E-state index contributed by atoms with van der Waals surface area (Å²) in [6.07, 6.45) is 5.23. The number of ether oxygens (including phenoxy) is 1. The second-order valence-corrected chi connectivity index (χ2v) is 6.17. The van der Waals surface area contributed by atoms with Crippen LogP contribution in [0, 0.1) is 0 Å². The van der Waals surface area contributed by atoms with Crippen molar-refractivity contribution >= 4 is 15.9 Å². The first-order valence-corrected chi connectivity index (χ1v) is 6.46. The summed E-state index contributed by atoms with van der Waals surface area (Å²) in [5.41, 5.74) is 4.51. The summed E-state index contributed by atoms with van der Waals surface area (Å²) < 4.78 is 5.40. The molecule has 3 rings (SSSR count). The van der Waals surface area contributed by atoms with Crippen molar-refractivity contribution in [2.45, 2.75) is 30.0 Å². The molecular formula is C13H15BrO. The molecule has 0 amide bonds. The van der Waals surface area contributed by atoms with Crippen LogP contribution in [0.4, 0.5) is 0 Å². The van der Waals surface area contributed by atoms with Crippen LogP contribution in [0.25, 0.3) is 0 Å². The fourth-order valence-electron chi connectivity index (χ4n) is 2.46. The molecule has 0 unspecified atom stereocenters. The van der Waals surface area contributed by atoms with Gasteiger partial charge in [0.25, 0.3) is 0 Å². The van der Waals surface area contributed by atoms with Gasteiger partial charge in [-0.2, -0.15) is 0 Å². The first-order valence-electron chi connectivity index (χ1n) is 5.67. The Bertz CT molecular complexity index is 382. The van der Waals surface area contributed by atoms with E-state index < -0.39 is 0 Å². The van der Waals surface area contributed by atoms with E-state index >= 15 is 0 Å². The Labute approximate surface area is 99.0 Å². The Balaban J connectivity index is 1.97. The summed E-state index contributed by atoms with van der Waals surface area (Å²) in [6, 6.07) is 6.96. The van der Waals surface area contributed by atoms with Crippen LogP contribution in [0.2, 0.25) is 0 Å². The highest BCUT2D eigenvalue weighted by Gasteiger charge is 2.37. The van der Waals surface area contributed by atoms with Gasteiger partial charge in [0.05, 0.1) is 17.5 Å². The lowest BCUT2D eigenvalue weighted by atomic mass is 9.87.